The number of likely N-dealkylation sites (N-methyl/N-ethyl adjacent to an activating group) is 2. The maximum absolute atomic E-state index is 4.89. The van der Waals surface area contributed by atoms with Crippen LogP contribution in [0, 0.1) is 0 Å². The van der Waals surface area contributed by atoms with Gasteiger partial charge in [-0.3, -0.25) is 9.89 Å². The number of hydrogen-bond acceptors (Lipinski definition) is 4. The molecule has 0 spiro atoms. The van der Waals surface area contributed by atoms with Crippen molar-refractivity contribution < 1.29 is 0 Å². The number of aliphatic imine (C=N–C) groups is 1. The highest BCUT2D eigenvalue weighted by Gasteiger charge is 2.25. The van der Waals surface area contributed by atoms with Gasteiger partial charge in [-0.1, -0.05) is 13.3 Å². The average Bonchev–Trinajstić information content (AvgIpc) is 3.23. The first-order valence-electron chi connectivity index (χ1n) is 11.4. The van der Waals surface area contributed by atoms with Crippen molar-refractivity contribution in [1.82, 2.24) is 29.9 Å². The highest BCUT2D eigenvalue weighted by molar-refractivity contribution is 5.79. The van der Waals surface area contributed by atoms with E-state index in [1.807, 2.05) is 0 Å². The molecule has 7 nitrogen and oxygen atoms in total. The summed E-state index contributed by atoms with van der Waals surface area (Å²) in [5, 5.41) is 12.3. The second-order valence-corrected chi connectivity index (χ2v) is 8.14. The largest absolute Gasteiger partial charge is 0.357 e. The Labute approximate surface area is 170 Å². The molecule has 0 amide bonds. The van der Waals surface area contributed by atoms with E-state index in [-0.39, 0.29) is 0 Å². The SMILES string of the molecule is CCNC(=NCCCc1nnc2n1CCCCC2)N(C)CC1CCCN1CC. The molecule has 1 N–H and O–H groups in total. The lowest BCUT2D eigenvalue weighted by atomic mass is 10.2. The van der Waals surface area contributed by atoms with Gasteiger partial charge in [0.05, 0.1) is 0 Å². The fourth-order valence-electron chi connectivity index (χ4n) is 4.54. The van der Waals surface area contributed by atoms with Crippen molar-refractivity contribution in [3.63, 3.8) is 0 Å². The van der Waals surface area contributed by atoms with Crippen LogP contribution in [-0.4, -0.2) is 76.3 Å². The lowest BCUT2D eigenvalue weighted by Crippen LogP contribution is -2.46. The summed E-state index contributed by atoms with van der Waals surface area (Å²) in [4.78, 5) is 9.80. The summed E-state index contributed by atoms with van der Waals surface area (Å²) >= 11 is 0. The van der Waals surface area contributed by atoms with Crippen LogP contribution in [0.1, 0.15) is 64.0 Å². The van der Waals surface area contributed by atoms with E-state index in [4.69, 9.17) is 4.99 Å². The third-order valence-corrected chi connectivity index (χ3v) is 6.09. The van der Waals surface area contributed by atoms with Crippen molar-refractivity contribution in [2.45, 2.75) is 77.8 Å². The average molecular weight is 390 g/mol. The Balaban J connectivity index is 1.51. The predicted molar refractivity (Wildman–Crippen MR) is 115 cm³/mol. The standard InChI is InChI=1S/C21H39N7/c1-4-22-21(26(3)17-18-11-10-15-27(18)5-2)23-14-9-13-20-25-24-19-12-7-6-8-16-28(19)20/h18H,4-17H2,1-3H3,(H,22,23). The molecule has 1 fully saturated rings. The lowest BCUT2D eigenvalue weighted by molar-refractivity contribution is 0.232. The van der Waals surface area contributed by atoms with Crippen LogP contribution < -0.4 is 5.32 Å². The van der Waals surface area contributed by atoms with Gasteiger partial charge in [-0.2, -0.15) is 0 Å². The van der Waals surface area contributed by atoms with Gasteiger partial charge < -0.3 is 14.8 Å². The van der Waals surface area contributed by atoms with Crippen molar-refractivity contribution in [3.8, 4) is 0 Å². The van der Waals surface area contributed by atoms with Crippen molar-refractivity contribution in [2.75, 3.05) is 39.8 Å². The first-order chi connectivity index (χ1) is 13.7. The van der Waals surface area contributed by atoms with Gasteiger partial charge in [0.15, 0.2) is 5.96 Å². The van der Waals surface area contributed by atoms with Gasteiger partial charge in [-0.15, -0.1) is 10.2 Å². The van der Waals surface area contributed by atoms with E-state index in [1.54, 1.807) is 0 Å². The zero-order chi connectivity index (χ0) is 19.8. The van der Waals surface area contributed by atoms with E-state index in [1.165, 1.54) is 44.5 Å². The number of guanidine groups is 1. The van der Waals surface area contributed by atoms with Gasteiger partial charge in [0.2, 0.25) is 0 Å². The van der Waals surface area contributed by atoms with Crippen LogP contribution in [0.5, 0.6) is 0 Å². The molecule has 1 aromatic heterocycles. The number of aromatic nitrogens is 3. The molecule has 3 rings (SSSR count). The van der Waals surface area contributed by atoms with Crippen LogP contribution in [0.4, 0.5) is 0 Å². The van der Waals surface area contributed by atoms with E-state index in [2.05, 4.69) is 50.8 Å². The highest BCUT2D eigenvalue weighted by Crippen LogP contribution is 2.17. The Kier molecular flexibility index (Phi) is 8.13. The van der Waals surface area contributed by atoms with Crippen LogP contribution in [0.2, 0.25) is 0 Å². The quantitative estimate of drug-likeness (QED) is 0.420. The van der Waals surface area contributed by atoms with Crippen LogP contribution in [0.15, 0.2) is 4.99 Å². The lowest BCUT2D eigenvalue weighted by Gasteiger charge is -2.29. The van der Waals surface area contributed by atoms with Crippen molar-refractivity contribution in [3.05, 3.63) is 11.6 Å². The minimum atomic E-state index is 0.658. The molecule has 1 atom stereocenters. The molecule has 2 aliphatic heterocycles. The number of nitrogens with one attached hydrogen (secondary N) is 1. The fraction of sp³-hybridized carbons (Fsp3) is 0.857. The molecule has 7 heteroatoms. The van der Waals surface area contributed by atoms with Gasteiger partial charge in [0.25, 0.3) is 0 Å². The molecule has 0 aromatic carbocycles. The van der Waals surface area contributed by atoms with Crippen LogP contribution in [-0.2, 0) is 19.4 Å². The Morgan fingerprint density at radius 2 is 2.07 bits per heavy atom. The Bertz CT molecular complexity index is 624. The van der Waals surface area contributed by atoms with Crippen molar-refractivity contribution >= 4 is 5.96 Å². The molecule has 28 heavy (non-hydrogen) atoms. The molecule has 158 valence electrons. The molecule has 0 radical (unpaired) electrons. The molecule has 2 aliphatic rings. The molecular weight excluding hydrogens is 350 g/mol. The van der Waals surface area contributed by atoms with E-state index >= 15 is 0 Å². The van der Waals surface area contributed by atoms with Gasteiger partial charge in [-0.25, -0.2) is 0 Å². The number of hydrogen-bond donors (Lipinski definition) is 1. The smallest absolute Gasteiger partial charge is 0.193 e. The highest BCUT2D eigenvalue weighted by atomic mass is 15.3. The number of nitrogens with zero attached hydrogens (tertiary/aromatic N) is 6. The van der Waals surface area contributed by atoms with E-state index in [9.17, 15) is 0 Å². The minimum absolute atomic E-state index is 0.658. The monoisotopic (exact) mass is 389 g/mol. The molecular formula is C21H39N7. The third-order valence-electron chi connectivity index (χ3n) is 6.09. The number of likely N-dealkylation sites (tertiary alicyclic amines) is 1. The summed E-state index contributed by atoms with van der Waals surface area (Å²) in [7, 11) is 2.17. The van der Waals surface area contributed by atoms with E-state index < -0.39 is 0 Å². The molecule has 1 aromatic rings. The Morgan fingerprint density at radius 1 is 1.18 bits per heavy atom. The van der Waals surface area contributed by atoms with Gasteiger partial charge >= 0.3 is 0 Å². The van der Waals surface area contributed by atoms with Gasteiger partial charge in [-0.05, 0) is 52.1 Å². The summed E-state index contributed by atoms with van der Waals surface area (Å²) in [6, 6.07) is 0.658. The summed E-state index contributed by atoms with van der Waals surface area (Å²) in [5.74, 6) is 3.36. The summed E-state index contributed by atoms with van der Waals surface area (Å²) in [6.07, 6.45) is 9.49. The first kappa shape index (κ1) is 21.1. The summed E-state index contributed by atoms with van der Waals surface area (Å²) in [6.45, 7) is 10.7. The fourth-order valence-corrected chi connectivity index (χ4v) is 4.54. The summed E-state index contributed by atoms with van der Waals surface area (Å²) < 4.78 is 2.35. The van der Waals surface area contributed by atoms with Gasteiger partial charge in [0.1, 0.15) is 11.6 Å². The van der Waals surface area contributed by atoms with Gasteiger partial charge in [0, 0.05) is 52.1 Å². The number of aryl methyl sites for hydroxylation is 2. The topological polar surface area (TPSA) is 61.6 Å². The van der Waals surface area contributed by atoms with Crippen LogP contribution >= 0.6 is 0 Å². The van der Waals surface area contributed by atoms with Crippen molar-refractivity contribution in [2.24, 2.45) is 4.99 Å². The maximum Gasteiger partial charge on any atom is 0.193 e. The molecule has 1 saturated heterocycles. The normalized spacial score (nSPS) is 20.8. The Morgan fingerprint density at radius 3 is 2.89 bits per heavy atom. The van der Waals surface area contributed by atoms with Crippen LogP contribution in [0.25, 0.3) is 0 Å². The molecule has 0 saturated carbocycles. The number of rotatable bonds is 8. The molecule has 1 unspecified atom stereocenters. The third kappa shape index (κ3) is 5.46. The second-order valence-electron chi connectivity index (χ2n) is 8.14. The van der Waals surface area contributed by atoms with E-state index in [0.717, 1.165) is 63.8 Å². The first-order valence-corrected chi connectivity index (χ1v) is 11.4. The molecule has 0 aliphatic carbocycles. The zero-order valence-corrected chi connectivity index (χ0v) is 18.2. The Hall–Kier alpha value is -1.63. The van der Waals surface area contributed by atoms with Crippen LogP contribution in [0.3, 0.4) is 0 Å². The predicted octanol–water partition coefficient (Wildman–Crippen LogP) is 2.32. The van der Waals surface area contributed by atoms with E-state index in [0.29, 0.717) is 6.04 Å². The zero-order valence-electron chi connectivity index (χ0n) is 18.2. The second kappa shape index (κ2) is 10.8. The molecule has 3 heterocycles. The number of fused-ring (bicyclic) bond motifs is 1. The molecule has 0 bridgehead atoms. The minimum Gasteiger partial charge on any atom is -0.357 e. The van der Waals surface area contributed by atoms with Crippen molar-refractivity contribution in [1.29, 1.82) is 0 Å². The maximum atomic E-state index is 4.89. The summed E-state index contributed by atoms with van der Waals surface area (Å²) in [5.41, 5.74) is 0.